The number of pyridine rings is 1. The lowest BCUT2D eigenvalue weighted by molar-refractivity contribution is 0.390. The van der Waals surface area contributed by atoms with Gasteiger partial charge in [-0.15, -0.1) is 0 Å². The standard InChI is InChI=1S/C16H16ClN3O2/c1-8-4-5-13-11(6-8)12(17)7-14(18-13)19-20-15(21)9(2)10(3)16(20)22/h4-7,21-22H,1-3H3,(H,18,19). The largest absolute Gasteiger partial charge is 0.493 e. The second-order valence-corrected chi connectivity index (χ2v) is 5.76. The van der Waals surface area contributed by atoms with Crippen LogP contribution in [0.2, 0.25) is 5.02 Å². The highest BCUT2D eigenvalue weighted by atomic mass is 35.5. The highest BCUT2D eigenvalue weighted by Crippen LogP contribution is 2.33. The van der Waals surface area contributed by atoms with Crippen LogP contribution in [0, 0.1) is 20.8 Å². The molecule has 0 unspecified atom stereocenters. The maximum Gasteiger partial charge on any atom is 0.216 e. The van der Waals surface area contributed by atoms with Gasteiger partial charge in [-0.2, -0.15) is 4.68 Å². The lowest BCUT2D eigenvalue weighted by Crippen LogP contribution is -2.09. The predicted octanol–water partition coefficient (Wildman–Crippen LogP) is 3.90. The van der Waals surface area contributed by atoms with Crippen LogP contribution in [-0.4, -0.2) is 19.9 Å². The summed E-state index contributed by atoms with van der Waals surface area (Å²) in [6, 6.07) is 7.46. The molecule has 3 aromatic rings. The van der Waals surface area contributed by atoms with Gasteiger partial charge in [0, 0.05) is 22.6 Å². The molecular weight excluding hydrogens is 302 g/mol. The van der Waals surface area contributed by atoms with E-state index < -0.39 is 0 Å². The molecular formula is C16H16ClN3O2. The average Bonchev–Trinajstić information content (AvgIpc) is 2.66. The van der Waals surface area contributed by atoms with Gasteiger partial charge in [-0.3, -0.25) is 5.43 Å². The van der Waals surface area contributed by atoms with E-state index >= 15 is 0 Å². The van der Waals surface area contributed by atoms with Crippen molar-refractivity contribution in [2.75, 3.05) is 5.43 Å². The van der Waals surface area contributed by atoms with Crippen LogP contribution in [0.5, 0.6) is 11.8 Å². The van der Waals surface area contributed by atoms with Gasteiger partial charge >= 0.3 is 0 Å². The molecule has 0 saturated heterocycles. The molecule has 0 bridgehead atoms. The molecule has 22 heavy (non-hydrogen) atoms. The maximum absolute atomic E-state index is 10.1. The molecule has 0 aliphatic carbocycles. The minimum Gasteiger partial charge on any atom is -0.493 e. The van der Waals surface area contributed by atoms with Crippen LogP contribution in [0.1, 0.15) is 16.7 Å². The number of rotatable bonds is 2. The molecule has 0 radical (unpaired) electrons. The van der Waals surface area contributed by atoms with E-state index in [2.05, 4.69) is 10.4 Å². The SMILES string of the molecule is Cc1ccc2nc(Nn3c(O)c(C)c(C)c3O)cc(Cl)c2c1. The summed E-state index contributed by atoms with van der Waals surface area (Å²) in [6.07, 6.45) is 0. The summed E-state index contributed by atoms with van der Waals surface area (Å²) < 4.78 is 1.18. The molecule has 2 aromatic heterocycles. The first-order chi connectivity index (χ1) is 10.4. The predicted molar refractivity (Wildman–Crippen MR) is 87.7 cm³/mol. The molecule has 0 saturated carbocycles. The van der Waals surface area contributed by atoms with Crippen LogP contribution in [0.3, 0.4) is 0 Å². The fraction of sp³-hybridized carbons (Fsp3) is 0.188. The molecule has 0 amide bonds. The first kappa shape index (κ1) is 14.5. The molecule has 0 aliphatic rings. The number of nitrogens with one attached hydrogen (secondary N) is 1. The number of nitrogens with zero attached hydrogens (tertiary/aromatic N) is 2. The van der Waals surface area contributed by atoms with Crippen LogP contribution < -0.4 is 5.43 Å². The topological polar surface area (TPSA) is 70.3 Å². The van der Waals surface area contributed by atoms with E-state index in [1.54, 1.807) is 19.9 Å². The van der Waals surface area contributed by atoms with Gasteiger partial charge < -0.3 is 10.2 Å². The van der Waals surface area contributed by atoms with E-state index in [1.807, 2.05) is 25.1 Å². The lowest BCUT2D eigenvalue weighted by Gasteiger charge is -2.11. The number of anilines is 1. The van der Waals surface area contributed by atoms with E-state index in [0.717, 1.165) is 16.5 Å². The minimum atomic E-state index is -0.0584. The van der Waals surface area contributed by atoms with Gasteiger partial charge in [0.25, 0.3) is 0 Å². The van der Waals surface area contributed by atoms with Gasteiger partial charge in [0.05, 0.1) is 10.5 Å². The summed E-state index contributed by atoms with van der Waals surface area (Å²) in [5.41, 5.74) is 5.92. The molecule has 6 heteroatoms. The van der Waals surface area contributed by atoms with Crippen LogP contribution in [0.4, 0.5) is 5.82 Å². The molecule has 1 aromatic carbocycles. The number of halogens is 1. The monoisotopic (exact) mass is 317 g/mol. The summed E-state index contributed by atoms with van der Waals surface area (Å²) in [5, 5.41) is 21.5. The Hall–Kier alpha value is -2.40. The highest BCUT2D eigenvalue weighted by Gasteiger charge is 2.17. The Kier molecular flexibility index (Phi) is 3.37. The van der Waals surface area contributed by atoms with Gasteiger partial charge in [0.15, 0.2) is 0 Å². The second-order valence-electron chi connectivity index (χ2n) is 5.35. The third kappa shape index (κ3) is 2.23. The molecule has 0 aliphatic heterocycles. The van der Waals surface area contributed by atoms with Gasteiger partial charge in [-0.1, -0.05) is 23.2 Å². The van der Waals surface area contributed by atoms with E-state index in [0.29, 0.717) is 22.0 Å². The Balaban J connectivity index is 2.09. The van der Waals surface area contributed by atoms with E-state index in [-0.39, 0.29) is 11.8 Å². The van der Waals surface area contributed by atoms with Crippen molar-refractivity contribution >= 4 is 28.3 Å². The van der Waals surface area contributed by atoms with Crippen molar-refractivity contribution in [3.05, 3.63) is 46.0 Å². The Morgan fingerprint density at radius 2 is 1.68 bits per heavy atom. The number of aromatic hydroxyl groups is 2. The molecule has 5 nitrogen and oxygen atoms in total. The van der Waals surface area contributed by atoms with Crippen molar-refractivity contribution in [1.29, 1.82) is 0 Å². The third-order valence-corrected chi connectivity index (χ3v) is 4.11. The zero-order valence-electron chi connectivity index (χ0n) is 12.5. The quantitative estimate of drug-likeness (QED) is 0.670. The van der Waals surface area contributed by atoms with Crippen LogP contribution in [0.25, 0.3) is 10.9 Å². The summed E-state index contributed by atoms with van der Waals surface area (Å²) in [5.74, 6) is 0.316. The molecule has 114 valence electrons. The molecule has 3 N–H and O–H groups in total. The Bertz CT molecular complexity index is 861. The Morgan fingerprint density at radius 1 is 1.05 bits per heavy atom. The summed E-state index contributed by atoms with van der Waals surface area (Å²) >= 11 is 6.30. The van der Waals surface area contributed by atoms with Crippen molar-refractivity contribution in [2.24, 2.45) is 0 Å². The molecule has 0 atom stereocenters. The lowest BCUT2D eigenvalue weighted by atomic mass is 10.1. The number of aromatic nitrogens is 2. The Morgan fingerprint density at radius 3 is 2.32 bits per heavy atom. The van der Waals surface area contributed by atoms with Gasteiger partial charge in [0.2, 0.25) is 11.8 Å². The van der Waals surface area contributed by atoms with Crippen LogP contribution >= 0.6 is 11.6 Å². The van der Waals surface area contributed by atoms with Crippen molar-refractivity contribution in [1.82, 2.24) is 9.66 Å². The number of benzene rings is 1. The zero-order valence-corrected chi connectivity index (χ0v) is 13.2. The highest BCUT2D eigenvalue weighted by molar-refractivity contribution is 6.35. The normalized spacial score (nSPS) is 11.1. The third-order valence-electron chi connectivity index (χ3n) is 3.80. The summed E-state index contributed by atoms with van der Waals surface area (Å²) in [4.78, 5) is 4.45. The maximum atomic E-state index is 10.1. The van der Waals surface area contributed by atoms with Gasteiger partial charge in [0.1, 0.15) is 5.82 Å². The number of fused-ring (bicyclic) bond motifs is 1. The Labute approximate surface area is 132 Å². The first-order valence-electron chi connectivity index (χ1n) is 6.82. The average molecular weight is 318 g/mol. The zero-order chi connectivity index (χ0) is 16.0. The summed E-state index contributed by atoms with van der Waals surface area (Å²) in [6.45, 7) is 5.45. The summed E-state index contributed by atoms with van der Waals surface area (Å²) in [7, 11) is 0. The number of aryl methyl sites for hydroxylation is 1. The fourth-order valence-electron chi connectivity index (χ4n) is 2.35. The first-order valence-corrected chi connectivity index (χ1v) is 7.20. The van der Waals surface area contributed by atoms with Crippen LogP contribution in [0.15, 0.2) is 24.3 Å². The van der Waals surface area contributed by atoms with Gasteiger partial charge in [-0.05, 0) is 32.9 Å². The molecule has 0 fully saturated rings. The molecule has 2 heterocycles. The second kappa shape index (κ2) is 5.10. The minimum absolute atomic E-state index is 0.0584. The fourth-order valence-corrected chi connectivity index (χ4v) is 2.60. The van der Waals surface area contributed by atoms with Crippen molar-refractivity contribution in [3.8, 4) is 11.8 Å². The van der Waals surface area contributed by atoms with Crippen LogP contribution in [-0.2, 0) is 0 Å². The smallest absolute Gasteiger partial charge is 0.216 e. The van der Waals surface area contributed by atoms with Crippen molar-refractivity contribution in [3.63, 3.8) is 0 Å². The molecule has 3 rings (SSSR count). The van der Waals surface area contributed by atoms with E-state index in [1.165, 1.54) is 4.68 Å². The van der Waals surface area contributed by atoms with E-state index in [9.17, 15) is 10.2 Å². The van der Waals surface area contributed by atoms with Crippen molar-refractivity contribution in [2.45, 2.75) is 20.8 Å². The van der Waals surface area contributed by atoms with Crippen molar-refractivity contribution < 1.29 is 10.2 Å². The molecule has 0 spiro atoms. The van der Waals surface area contributed by atoms with E-state index in [4.69, 9.17) is 11.6 Å². The number of hydrogen-bond acceptors (Lipinski definition) is 4. The number of hydrogen-bond donors (Lipinski definition) is 3. The van der Waals surface area contributed by atoms with Gasteiger partial charge in [-0.25, -0.2) is 4.98 Å².